The van der Waals surface area contributed by atoms with E-state index < -0.39 is 11.5 Å². The van der Waals surface area contributed by atoms with Gasteiger partial charge in [0, 0.05) is 18.9 Å². The summed E-state index contributed by atoms with van der Waals surface area (Å²) >= 11 is 0. The minimum atomic E-state index is -1.08. The van der Waals surface area contributed by atoms with E-state index in [0.29, 0.717) is 6.42 Å². The first-order chi connectivity index (χ1) is 10.3. The van der Waals surface area contributed by atoms with Gasteiger partial charge in [0.15, 0.2) is 0 Å². The molecule has 1 aromatic rings. The molecule has 1 aliphatic heterocycles. The van der Waals surface area contributed by atoms with E-state index in [9.17, 15) is 14.9 Å². The zero-order valence-electron chi connectivity index (χ0n) is 13.5. The Balaban J connectivity index is 2.08. The summed E-state index contributed by atoms with van der Waals surface area (Å²) < 4.78 is 2.03. The minimum absolute atomic E-state index is 0.110. The Morgan fingerprint density at radius 2 is 2.05 bits per heavy atom. The maximum Gasteiger partial charge on any atom is 0.238 e. The van der Waals surface area contributed by atoms with Crippen LogP contribution in [0.5, 0.6) is 0 Å². The summed E-state index contributed by atoms with van der Waals surface area (Å²) in [7, 11) is 1.96. The van der Waals surface area contributed by atoms with Crippen molar-refractivity contribution in [3.8, 4) is 6.07 Å². The van der Waals surface area contributed by atoms with Crippen LogP contribution in [0.3, 0.4) is 0 Å². The molecule has 5 nitrogen and oxygen atoms in total. The smallest absolute Gasteiger partial charge is 0.238 e. The van der Waals surface area contributed by atoms with Crippen LogP contribution in [-0.2, 0) is 23.1 Å². The highest BCUT2D eigenvalue weighted by atomic mass is 16.2. The molecule has 0 aromatic carbocycles. The molecule has 0 N–H and O–H groups in total. The van der Waals surface area contributed by atoms with Gasteiger partial charge in [0.05, 0.1) is 17.9 Å². The number of carbonyl (C=O) groups is 2. The highest BCUT2D eigenvalue weighted by Gasteiger charge is 2.57. The third-order valence-corrected chi connectivity index (χ3v) is 5.51. The lowest BCUT2D eigenvalue weighted by atomic mass is 9.79. The van der Waals surface area contributed by atoms with Crippen LogP contribution in [0.25, 0.3) is 0 Å². The van der Waals surface area contributed by atoms with Crippen molar-refractivity contribution in [1.29, 1.82) is 5.26 Å². The maximum absolute atomic E-state index is 13.0. The van der Waals surface area contributed by atoms with Crippen LogP contribution in [0.4, 0.5) is 0 Å². The Bertz CT molecular complexity index is 697. The zero-order valence-corrected chi connectivity index (χ0v) is 13.5. The highest BCUT2D eigenvalue weighted by Crippen LogP contribution is 2.46. The fourth-order valence-electron chi connectivity index (χ4n) is 3.74. The van der Waals surface area contributed by atoms with Crippen molar-refractivity contribution >= 4 is 11.8 Å². The third-order valence-electron chi connectivity index (χ3n) is 5.51. The van der Waals surface area contributed by atoms with Crippen LogP contribution >= 0.6 is 0 Å². The van der Waals surface area contributed by atoms with E-state index in [0.717, 1.165) is 17.7 Å². The van der Waals surface area contributed by atoms with E-state index in [1.165, 1.54) is 4.90 Å². The Kier molecular flexibility index (Phi) is 3.17. The molecule has 3 atom stereocenters. The molecule has 3 rings (SSSR count). The van der Waals surface area contributed by atoms with Crippen molar-refractivity contribution in [3.63, 3.8) is 0 Å². The van der Waals surface area contributed by atoms with Crippen molar-refractivity contribution < 1.29 is 9.59 Å². The fourth-order valence-corrected chi connectivity index (χ4v) is 3.74. The minimum Gasteiger partial charge on any atom is -0.354 e. The number of aryl methyl sites for hydroxylation is 1. The number of fused-ring (bicyclic) bond motifs is 3. The van der Waals surface area contributed by atoms with Crippen molar-refractivity contribution in [3.05, 3.63) is 23.5 Å². The highest BCUT2D eigenvalue weighted by molar-refractivity contribution is 6.09. The first kappa shape index (κ1) is 14.8. The number of imide groups is 1. The van der Waals surface area contributed by atoms with Crippen molar-refractivity contribution in [2.45, 2.75) is 45.1 Å². The van der Waals surface area contributed by atoms with E-state index in [1.807, 2.05) is 37.7 Å². The molecule has 0 spiro atoms. The summed E-state index contributed by atoms with van der Waals surface area (Å²) in [5.74, 6) is -1.22. The molecule has 2 heterocycles. The average Bonchev–Trinajstić information content (AvgIpc) is 2.98. The topological polar surface area (TPSA) is 66.1 Å². The maximum atomic E-state index is 13.0. The Labute approximate surface area is 130 Å². The van der Waals surface area contributed by atoms with Gasteiger partial charge in [-0.1, -0.05) is 13.8 Å². The average molecular weight is 299 g/mol. The lowest BCUT2D eigenvalue weighted by Crippen LogP contribution is -2.52. The summed E-state index contributed by atoms with van der Waals surface area (Å²) in [6, 6.07) is 4.14. The summed E-state index contributed by atoms with van der Waals surface area (Å²) in [6.07, 6.45) is 3.42. The molecule has 1 aromatic heterocycles. The number of nitriles is 1. The second kappa shape index (κ2) is 4.70. The van der Waals surface area contributed by atoms with Gasteiger partial charge in [-0.15, -0.1) is 0 Å². The molecule has 0 saturated carbocycles. The van der Waals surface area contributed by atoms with Crippen LogP contribution < -0.4 is 0 Å². The van der Waals surface area contributed by atoms with E-state index in [2.05, 4.69) is 6.07 Å². The number of hydrogen-bond donors (Lipinski definition) is 0. The molecular formula is C17H21N3O2. The lowest BCUT2D eigenvalue weighted by Gasteiger charge is -2.34. The summed E-state index contributed by atoms with van der Waals surface area (Å²) in [5, 5.41) is 9.58. The second-order valence-corrected chi connectivity index (χ2v) is 6.88. The van der Waals surface area contributed by atoms with Gasteiger partial charge >= 0.3 is 0 Å². The molecule has 1 aliphatic carbocycles. The van der Waals surface area contributed by atoms with Gasteiger partial charge in [-0.05, 0) is 37.3 Å². The predicted molar refractivity (Wildman–Crippen MR) is 80.7 cm³/mol. The molecule has 116 valence electrons. The zero-order chi connectivity index (χ0) is 16.2. The van der Waals surface area contributed by atoms with E-state index in [-0.39, 0.29) is 23.7 Å². The van der Waals surface area contributed by atoms with Crippen LogP contribution in [0.15, 0.2) is 12.3 Å². The summed E-state index contributed by atoms with van der Waals surface area (Å²) in [6.45, 7) is 5.44. The van der Waals surface area contributed by atoms with E-state index in [1.54, 1.807) is 6.92 Å². The number of hydrogen-bond acceptors (Lipinski definition) is 3. The molecule has 0 radical (unpaired) electrons. The Hall–Kier alpha value is -2.09. The summed E-state index contributed by atoms with van der Waals surface area (Å²) in [5.41, 5.74) is 1.01. The van der Waals surface area contributed by atoms with Crippen LogP contribution in [0.1, 0.15) is 44.4 Å². The van der Waals surface area contributed by atoms with Gasteiger partial charge in [0.2, 0.25) is 11.8 Å². The van der Waals surface area contributed by atoms with Crippen molar-refractivity contribution in [1.82, 2.24) is 9.47 Å². The number of amides is 2. The number of rotatable bonds is 2. The molecule has 0 bridgehead atoms. The van der Waals surface area contributed by atoms with Crippen molar-refractivity contribution in [2.75, 3.05) is 0 Å². The van der Waals surface area contributed by atoms with Gasteiger partial charge in [-0.3, -0.25) is 14.5 Å². The SMILES string of the molecule is CC(C)C(C)(C#N)N1C(=O)C2CCc3c(ccn3C)C2C1=O. The van der Waals surface area contributed by atoms with Crippen molar-refractivity contribution in [2.24, 2.45) is 18.9 Å². The quantitative estimate of drug-likeness (QED) is 0.784. The molecule has 2 amide bonds. The molecule has 3 unspecified atom stereocenters. The van der Waals surface area contributed by atoms with E-state index in [4.69, 9.17) is 0 Å². The van der Waals surface area contributed by atoms with Gasteiger partial charge in [-0.25, -0.2) is 0 Å². The fraction of sp³-hybridized carbons (Fsp3) is 0.588. The van der Waals surface area contributed by atoms with E-state index >= 15 is 0 Å². The standard InChI is InChI=1S/C17H21N3O2/c1-10(2)17(3,9-18)20-15(21)12-5-6-13-11(7-8-19(13)4)14(12)16(20)22/h7-8,10,12,14H,5-6H2,1-4H3. The second-order valence-electron chi connectivity index (χ2n) is 6.88. The monoisotopic (exact) mass is 299 g/mol. The van der Waals surface area contributed by atoms with Gasteiger partial charge in [0.1, 0.15) is 5.54 Å². The Morgan fingerprint density at radius 1 is 1.36 bits per heavy atom. The number of nitrogens with zero attached hydrogens (tertiary/aromatic N) is 3. The largest absolute Gasteiger partial charge is 0.354 e. The number of carbonyl (C=O) groups excluding carboxylic acids is 2. The van der Waals surface area contributed by atoms with Gasteiger partial charge < -0.3 is 4.57 Å². The first-order valence-electron chi connectivity index (χ1n) is 7.76. The Morgan fingerprint density at radius 3 is 2.64 bits per heavy atom. The number of aromatic nitrogens is 1. The first-order valence-corrected chi connectivity index (χ1v) is 7.76. The molecule has 5 heteroatoms. The van der Waals surface area contributed by atoms with Crippen LogP contribution in [-0.4, -0.2) is 26.8 Å². The molecule has 22 heavy (non-hydrogen) atoms. The molecule has 1 saturated heterocycles. The molecule has 2 aliphatic rings. The molecule has 1 fully saturated rings. The van der Waals surface area contributed by atoms with Crippen LogP contribution in [0, 0.1) is 23.2 Å². The van der Waals surface area contributed by atoms with Gasteiger partial charge in [0.25, 0.3) is 0 Å². The molecular weight excluding hydrogens is 278 g/mol. The summed E-state index contributed by atoms with van der Waals surface area (Å²) in [4.78, 5) is 27.0. The van der Waals surface area contributed by atoms with Gasteiger partial charge in [-0.2, -0.15) is 5.26 Å². The lowest BCUT2D eigenvalue weighted by molar-refractivity contribution is -0.145. The normalized spacial score (nSPS) is 26.6. The van der Waals surface area contributed by atoms with Crippen LogP contribution in [0.2, 0.25) is 0 Å². The predicted octanol–water partition coefficient (Wildman–Crippen LogP) is 1.98. The third kappa shape index (κ3) is 1.70. The number of likely N-dealkylation sites (tertiary alicyclic amines) is 1.